The van der Waals surface area contributed by atoms with E-state index in [1.54, 1.807) is 12.3 Å². The van der Waals surface area contributed by atoms with Gasteiger partial charge in [0.1, 0.15) is 23.9 Å². The lowest BCUT2D eigenvalue weighted by molar-refractivity contribution is 0.307. The molecule has 96 valence electrons. The highest BCUT2D eigenvalue weighted by molar-refractivity contribution is 9.10. The number of nitrogens with one attached hydrogen (secondary N) is 1. The number of ether oxygens (including phenoxy) is 1. The minimum absolute atomic E-state index is 0.309. The van der Waals surface area contributed by atoms with Crippen LogP contribution in [0.3, 0.4) is 0 Å². The van der Waals surface area contributed by atoms with Crippen LogP contribution < -0.4 is 10.1 Å². The predicted molar refractivity (Wildman–Crippen MR) is 70.0 cm³/mol. The number of halogens is 2. The Labute approximate surface area is 113 Å². The van der Waals surface area contributed by atoms with Crippen LogP contribution in [-0.4, -0.2) is 13.2 Å². The predicted octanol–water partition coefficient (Wildman–Crippen LogP) is 3.35. The Kier molecular flexibility index (Phi) is 4.78. The highest BCUT2D eigenvalue weighted by atomic mass is 79.9. The molecule has 0 radical (unpaired) electrons. The van der Waals surface area contributed by atoms with Crippen LogP contribution in [0.15, 0.2) is 45.5 Å². The van der Waals surface area contributed by atoms with E-state index in [0.717, 1.165) is 10.2 Å². The third-order valence-corrected chi connectivity index (χ3v) is 2.96. The van der Waals surface area contributed by atoms with Gasteiger partial charge in [0.2, 0.25) is 0 Å². The molecule has 0 saturated heterocycles. The van der Waals surface area contributed by atoms with E-state index >= 15 is 0 Å². The van der Waals surface area contributed by atoms with Crippen LogP contribution in [0.2, 0.25) is 0 Å². The van der Waals surface area contributed by atoms with Crippen molar-refractivity contribution < 1.29 is 13.5 Å². The Hall–Kier alpha value is -1.33. The smallest absolute Gasteiger partial charge is 0.136 e. The maximum absolute atomic E-state index is 13.0. The first-order valence-corrected chi connectivity index (χ1v) is 6.36. The van der Waals surface area contributed by atoms with Gasteiger partial charge in [-0.3, -0.25) is 0 Å². The average molecular weight is 314 g/mol. The fourth-order valence-corrected chi connectivity index (χ4v) is 1.81. The monoisotopic (exact) mass is 313 g/mol. The van der Waals surface area contributed by atoms with E-state index in [1.165, 1.54) is 12.1 Å². The summed E-state index contributed by atoms with van der Waals surface area (Å²) in [6, 6.07) is 8.11. The maximum Gasteiger partial charge on any atom is 0.136 e. The van der Waals surface area contributed by atoms with Crippen LogP contribution in [0.5, 0.6) is 5.75 Å². The van der Waals surface area contributed by atoms with E-state index in [2.05, 4.69) is 21.2 Å². The van der Waals surface area contributed by atoms with Crippen molar-refractivity contribution in [1.29, 1.82) is 0 Å². The van der Waals surface area contributed by atoms with Crippen molar-refractivity contribution in [3.8, 4) is 5.75 Å². The lowest BCUT2D eigenvalue weighted by atomic mass is 10.3. The van der Waals surface area contributed by atoms with Gasteiger partial charge in [0.25, 0.3) is 0 Å². The van der Waals surface area contributed by atoms with Gasteiger partial charge < -0.3 is 14.5 Å². The number of hydrogen-bond acceptors (Lipinski definition) is 3. The van der Waals surface area contributed by atoms with E-state index in [9.17, 15) is 4.39 Å². The largest absolute Gasteiger partial charge is 0.491 e. The molecule has 0 fully saturated rings. The van der Waals surface area contributed by atoms with Crippen LogP contribution in [0.1, 0.15) is 5.76 Å². The van der Waals surface area contributed by atoms with Crippen molar-refractivity contribution in [2.45, 2.75) is 6.54 Å². The zero-order valence-electron chi connectivity index (χ0n) is 9.66. The van der Waals surface area contributed by atoms with Gasteiger partial charge in [-0.05, 0) is 40.2 Å². The second-order valence-electron chi connectivity index (χ2n) is 3.68. The topological polar surface area (TPSA) is 34.4 Å². The summed E-state index contributed by atoms with van der Waals surface area (Å²) in [7, 11) is 0. The summed E-state index contributed by atoms with van der Waals surface area (Å²) >= 11 is 3.30. The van der Waals surface area contributed by atoms with E-state index in [0.29, 0.717) is 25.4 Å². The van der Waals surface area contributed by atoms with Crippen LogP contribution in [-0.2, 0) is 6.54 Å². The van der Waals surface area contributed by atoms with Crippen molar-refractivity contribution in [3.05, 3.63) is 52.6 Å². The van der Waals surface area contributed by atoms with Gasteiger partial charge in [-0.2, -0.15) is 0 Å². The molecule has 3 nitrogen and oxygen atoms in total. The first kappa shape index (κ1) is 13.1. The molecule has 1 heterocycles. The van der Waals surface area contributed by atoms with Gasteiger partial charge in [0.15, 0.2) is 0 Å². The molecule has 0 spiro atoms. The summed E-state index contributed by atoms with van der Waals surface area (Å²) in [5, 5.41) is 3.16. The van der Waals surface area contributed by atoms with Crippen LogP contribution in [0.25, 0.3) is 0 Å². The fraction of sp³-hybridized carbons (Fsp3) is 0.231. The van der Waals surface area contributed by atoms with E-state index < -0.39 is 0 Å². The molecule has 5 heteroatoms. The van der Waals surface area contributed by atoms with Crippen LogP contribution in [0, 0.1) is 5.82 Å². The number of furan rings is 1. The minimum atomic E-state index is -0.309. The van der Waals surface area contributed by atoms with Gasteiger partial charge in [0, 0.05) is 12.6 Å². The molecule has 1 aromatic carbocycles. The van der Waals surface area contributed by atoms with E-state index in [1.807, 2.05) is 12.1 Å². The maximum atomic E-state index is 13.0. The molecular formula is C13H13BrFNO2. The zero-order chi connectivity index (χ0) is 12.8. The lowest BCUT2D eigenvalue weighted by Gasteiger charge is -2.08. The first-order valence-electron chi connectivity index (χ1n) is 5.56. The second kappa shape index (κ2) is 6.56. The molecule has 1 N–H and O–H groups in total. The third-order valence-electron chi connectivity index (χ3n) is 2.31. The molecule has 2 aromatic rings. The van der Waals surface area contributed by atoms with Gasteiger partial charge in [-0.1, -0.05) is 0 Å². The molecule has 0 saturated carbocycles. The number of rotatable bonds is 6. The van der Waals surface area contributed by atoms with E-state index in [4.69, 9.17) is 9.15 Å². The summed E-state index contributed by atoms with van der Waals surface area (Å²) < 4.78 is 24.4. The summed E-state index contributed by atoms with van der Waals surface area (Å²) in [6.45, 7) is 1.77. The summed E-state index contributed by atoms with van der Waals surface area (Å²) in [6.07, 6.45) is 1.64. The summed E-state index contributed by atoms with van der Waals surface area (Å²) in [5.74, 6) is 1.08. The van der Waals surface area contributed by atoms with Crippen molar-refractivity contribution in [2.24, 2.45) is 0 Å². The molecule has 18 heavy (non-hydrogen) atoms. The van der Waals surface area contributed by atoms with Crippen molar-refractivity contribution in [1.82, 2.24) is 5.32 Å². The number of hydrogen-bond donors (Lipinski definition) is 1. The van der Waals surface area contributed by atoms with Crippen molar-refractivity contribution in [2.75, 3.05) is 13.2 Å². The highest BCUT2D eigenvalue weighted by Gasteiger charge is 2.02. The molecule has 1 aromatic heterocycles. The quantitative estimate of drug-likeness (QED) is 0.830. The third kappa shape index (κ3) is 3.85. The molecule has 0 bridgehead atoms. The molecule has 0 unspecified atom stereocenters. The van der Waals surface area contributed by atoms with Crippen molar-refractivity contribution >= 4 is 15.9 Å². The fourth-order valence-electron chi connectivity index (χ4n) is 1.45. The first-order chi connectivity index (χ1) is 8.75. The van der Waals surface area contributed by atoms with Crippen molar-refractivity contribution in [3.63, 3.8) is 0 Å². The Morgan fingerprint density at radius 2 is 2.22 bits per heavy atom. The van der Waals surface area contributed by atoms with Gasteiger partial charge >= 0.3 is 0 Å². The molecule has 2 rings (SSSR count). The molecule has 0 aliphatic rings. The summed E-state index contributed by atoms with van der Waals surface area (Å²) in [5.41, 5.74) is 0. The minimum Gasteiger partial charge on any atom is -0.491 e. The van der Waals surface area contributed by atoms with Crippen LogP contribution in [0.4, 0.5) is 4.39 Å². The molecular weight excluding hydrogens is 301 g/mol. The van der Waals surface area contributed by atoms with Crippen LogP contribution >= 0.6 is 15.9 Å². The molecule has 0 aliphatic heterocycles. The summed E-state index contributed by atoms with van der Waals surface area (Å²) in [4.78, 5) is 0. The van der Waals surface area contributed by atoms with Gasteiger partial charge in [-0.15, -0.1) is 0 Å². The Morgan fingerprint density at radius 3 is 3.00 bits per heavy atom. The van der Waals surface area contributed by atoms with Gasteiger partial charge in [0.05, 0.1) is 17.3 Å². The Balaban J connectivity index is 1.70. The molecule has 0 aliphatic carbocycles. The standard InChI is InChI=1S/C13H13BrFNO2/c14-12-4-3-10(15)8-13(12)18-7-5-16-9-11-2-1-6-17-11/h1-4,6,8,16H,5,7,9H2. The zero-order valence-corrected chi connectivity index (χ0v) is 11.2. The normalized spacial score (nSPS) is 10.6. The Morgan fingerprint density at radius 1 is 1.33 bits per heavy atom. The van der Waals surface area contributed by atoms with Gasteiger partial charge in [-0.25, -0.2) is 4.39 Å². The highest BCUT2D eigenvalue weighted by Crippen LogP contribution is 2.25. The Bertz CT molecular complexity index is 488. The lowest BCUT2D eigenvalue weighted by Crippen LogP contribution is -2.20. The molecule has 0 atom stereocenters. The average Bonchev–Trinajstić information content (AvgIpc) is 2.86. The van der Waals surface area contributed by atoms with E-state index in [-0.39, 0.29) is 5.82 Å². The molecule has 0 amide bonds. The number of benzene rings is 1. The SMILES string of the molecule is Fc1ccc(Br)c(OCCNCc2ccco2)c1. The second-order valence-corrected chi connectivity index (χ2v) is 4.53.